The maximum Gasteiger partial charge on any atom is 0.243 e. The minimum absolute atomic E-state index is 0.108. The van der Waals surface area contributed by atoms with Gasteiger partial charge >= 0.3 is 0 Å². The minimum Gasteiger partial charge on any atom is -0.375 e. The smallest absolute Gasteiger partial charge is 0.243 e. The van der Waals surface area contributed by atoms with Gasteiger partial charge in [0.15, 0.2) is 0 Å². The molecule has 0 atom stereocenters. The van der Waals surface area contributed by atoms with E-state index in [1.54, 1.807) is 36.0 Å². The summed E-state index contributed by atoms with van der Waals surface area (Å²) in [7, 11) is 0. The Balaban J connectivity index is 1.92. The summed E-state index contributed by atoms with van der Waals surface area (Å²) >= 11 is 7.51. The highest BCUT2D eigenvalue weighted by atomic mass is 35.5. The monoisotopic (exact) mass is 306 g/mol. The van der Waals surface area contributed by atoms with E-state index < -0.39 is 0 Å². The average molecular weight is 307 g/mol. The van der Waals surface area contributed by atoms with Crippen LogP contribution in [0.5, 0.6) is 0 Å². The number of benzene rings is 2. The summed E-state index contributed by atoms with van der Waals surface area (Å²) in [6.07, 6.45) is 2.01. The number of hydrogen-bond acceptors (Lipinski definition) is 3. The first-order valence-electron chi connectivity index (χ1n) is 6.11. The summed E-state index contributed by atoms with van der Waals surface area (Å²) in [5.41, 5.74) is 1.66. The van der Waals surface area contributed by atoms with Crippen LogP contribution in [-0.2, 0) is 4.79 Å². The lowest BCUT2D eigenvalue weighted by Crippen LogP contribution is -2.21. The third kappa shape index (κ3) is 4.18. The molecule has 2 N–H and O–H groups in total. The van der Waals surface area contributed by atoms with Gasteiger partial charge in [0.05, 0.1) is 6.54 Å². The Labute approximate surface area is 127 Å². The number of halogens is 1. The van der Waals surface area contributed by atoms with Crippen LogP contribution in [0.15, 0.2) is 53.4 Å². The summed E-state index contributed by atoms with van der Waals surface area (Å²) < 4.78 is 0. The second-order valence-corrected chi connectivity index (χ2v) is 5.40. The van der Waals surface area contributed by atoms with Crippen LogP contribution in [0.1, 0.15) is 0 Å². The molecular weight excluding hydrogens is 292 g/mol. The summed E-state index contributed by atoms with van der Waals surface area (Å²) in [5.74, 6) is -0.108. The summed E-state index contributed by atoms with van der Waals surface area (Å²) in [5, 5.41) is 6.53. The molecule has 0 aliphatic carbocycles. The number of para-hydroxylation sites is 1. The van der Waals surface area contributed by atoms with Gasteiger partial charge < -0.3 is 10.6 Å². The molecule has 0 unspecified atom stereocenters. The Kier molecular flexibility index (Phi) is 5.32. The molecule has 5 heteroatoms. The largest absolute Gasteiger partial charge is 0.375 e. The molecule has 3 nitrogen and oxygen atoms in total. The van der Waals surface area contributed by atoms with Gasteiger partial charge in [-0.15, -0.1) is 11.8 Å². The number of carbonyl (C=O) groups is 1. The topological polar surface area (TPSA) is 41.1 Å². The minimum atomic E-state index is -0.108. The van der Waals surface area contributed by atoms with Crippen molar-refractivity contribution in [1.82, 2.24) is 0 Å². The van der Waals surface area contributed by atoms with E-state index in [1.807, 2.05) is 30.5 Å². The van der Waals surface area contributed by atoms with Crippen molar-refractivity contribution in [1.29, 1.82) is 0 Å². The van der Waals surface area contributed by atoms with E-state index in [-0.39, 0.29) is 12.5 Å². The first-order chi connectivity index (χ1) is 9.69. The molecule has 2 aromatic rings. The van der Waals surface area contributed by atoms with Gasteiger partial charge in [-0.2, -0.15) is 0 Å². The average Bonchev–Trinajstić information content (AvgIpc) is 2.45. The molecule has 20 heavy (non-hydrogen) atoms. The first kappa shape index (κ1) is 14.8. The molecule has 0 aromatic heterocycles. The van der Waals surface area contributed by atoms with Crippen molar-refractivity contribution < 1.29 is 4.79 Å². The lowest BCUT2D eigenvalue weighted by molar-refractivity contribution is -0.114. The fourth-order valence-corrected chi connectivity index (χ4v) is 2.50. The van der Waals surface area contributed by atoms with Crippen LogP contribution in [-0.4, -0.2) is 18.7 Å². The lowest BCUT2D eigenvalue weighted by atomic mass is 10.3. The van der Waals surface area contributed by atoms with Gasteiger partial charge in [-0.1, -0.05) is 29.8 Å². The van der Waals surface area contributed by atoms with Gasteiger partial charge in [-0.25, -0.2) is 0 Å². The Morgan fingerprint density at radius 3 is 2.75 bits per heavy atom. The molecule has 0 heterocycles. The van der Waals surface area contributed by atoms with Crippen LogP contribution in [0.3, 0.4) is 0 Å². The summed E-state index contributed by atoms with van der Waals surface area (Å²) in [6, 6.07) is 15.0. The predicted molar refractivity (Wildman–Crippen MR) is 86.8 cm³/mol. The zero-order valence-corrected chi connectivity index (χ0v) is 12.6. The highest BCUT2D eigenvalue weighted by Gasteiger charge is 2.05. The fraction of sp³-hybridized carbons (Fsp3) is 0.133. The second kappa shape index (κ2) is 7.22. The van der Waals surface area contributed by atoms with Crippen molar-refractivity contribution in [3.05, 3.63) is 53.6 Å². The van der Waals surface area contributed by atoms with E-state index in [9.17, 15) is 4.79 Å². The number of anilines is 2. The predicted octanol–water partition coefficient (Wildman–Crippen LogP) is 4.11. The maximum atomic E-state index is 11.9. The Hall–Kier alpha value is -1.65. The number of thioether (sulfide) groups is 1. The zero-order chi connectivity index (χ0) is 14.4. The van der Waals surface area contributed by atoms with Gasteiger partial charge in [0.2, 0.25) is 5.91 Å². The number of hydrogen-bond donors (Lipinski definition) is 2. The van der Waals surface area contributed by atoms with Crippen LogP contribution in [0.2, 0.25) is 5.02 Å². The SMILES string of the molecule is CSc1ccccc1NCC(=O)Nc1cccc(Cl)c1. The van der Waals surface area contributed by atoms with Gasteiger partial charge in [0.25, 0.3) is 0 Å². The molecular formula is C15H15ClN2OS. The van der Waals surface area contributed by atoms with Crippen molar-refractivity contribution in [3.63, 3.8) is 0 Å². The Morgan fingerprint density at radius 1 is 1.20 bits per heavy atom. The number of amides is 1. The first-order valence-corrected chi connectivity index (χ1v) is 7.71. The Bertz CT molecular complexity index is 604. The molecule has 0 aliphatic rings. The third-order valence-electron chi connectivity index (χ3n) is 2.65. The van der Waals surface area contributed by atoms with E-state index >= 15 is 0 Å². The molecule has 0 saturated heterocycles. The summed E-state index contributed by atoms with van der Waals surface area (Å²) in [6.45, 7) is 0.212. The van der Waals surface area contributed by atoms with Gasteiger partial charge in [-0.3, -0.25) is 4.79 Å². The van der Waals surface area contributed by atoms with E-state index in [0.29, 0.717) is 10.7 Å². The quantitative estimate of drug-likeness (QED) is 0.817. The molecule has 0 spiro atoms. The molecule has 2 rings (SSSR count). The van der Waals surface area contributed by atoms with Gasteiger partial charge in [0.1, 0.15) is 0 Å². The van der Waals surface area contributed by atoms with E-state index in [4.69, 9.17) is 11.6 Å². The van der Waals surface area contributed by atoms with E-state index in [2.05, 4.69) is 10.6 Å². The van der Waals surface area contributed by atoms with Crippen LogP contribution < -0.4 is 10.6 Å². The van der Waals surface area contributed by atoms with Crippen molar-refractivity contribution in [3.8, 4) is 0 Å². The lowest BCUT2D eigenvalue weighted by Gasteiger charge is -2.10. The van der Waals surface area contributed by atoms with Crippen LogP contribution in [0, 0.1) is 0 Å². The standard InChI is InChI=1S/C15H15ClN2OS/c1-20-14-8-3-2-7-13(14)17-10-15(19)18-12-6-4-5-11(16)9-12/h2-9,17H,10H2,1H3,(H,18,19). The molecule has 0 fully saturated rings. The highest BCUT2D eigenvalue weighted by Crippen LogP contribution is 2.24. The van der Waals surface area contributed by atoms with Gasteiger partial charge in [-0.05, 0) is 36.6 Å². The summed E-state index contributed by atoms with van der Waals surface area (Å²) in [4.78, 5) is 13.0. The van der Waals surface area contributed by atoms with Crippen LogP contribution >= 0.6 is 23.4 Å². The molecule has 0 saturated carbocycles. The Morgan fingerprint density at radius 2 is 2.00 bits per heavy atom. The van der Waals surface area contributed by atoms with E-state index in [1.165, 1.54) is 0 Å². The number of rotatable bonds is 5. The second-order valence-electron chi connectivity index (χ2n) is 4.11. The third-order valence-corrected chi connectivity index (χ3v) is 3.69. The van der Waals surface area contributed by atoms with Gasteiger partial charge in [0, 0.05) is 21.3 Å². The van der Waals surface area contributed by atoms with Crippen molar-refractivity contribution in [2.45, 2.75) is 4.90 Å². The molecule has 2 aromatic carbocycles. The zero-order valence-electron chi connectivity index (χ0n) is 11.0. The normalized spacial score (nSPS) is 10.1. The van der Waals surface area contributed by atoms with Crippen molar-refractivity contribution >= 4 is 40.6 Å². The van der Waals surface area contributed by atoms with Crippen LogP contribution in [0.25, 0.3) is 0 Å². The van der Waals surface area contributed by atoms with Crippen molar-refractivity contribution in [2.24, 2.45) is 0 Å². The number of carbonyl (C=O) groups excluding carboxylic acids is 1. The highest BCUT2D eigenvalue weighted by molar-refractivity contribution is 7.98. The fourth-order valence-electron chi connectivity index (χ4n) is 1.74. The molecule has 0 bridgehead atoms. The molecule has 1 amide bonds. The maximum absolute atomic E-state index is 11.9. The van der Waals surface area contributed by atoms with Crippen LogP contribution in [0.4, 0.5) is 11.4 Å². The molecule has 0 radical (unpaired) electrons. The van der Waals surface area contributed by atoms with E-state index in [0.717, 1.165) is 10.6 Å². The van der Waals surface area contributed by atoms with Crippen molar-refractivity contribution in [2.75, 3.05) is 23.4 Å². The number of nitrogens with one attached hydrogen (secondary N) is 2. The molecule has 104 valence electrons. The molecule has 0 aliphatic heterocycles.